The smallest absolute Gasteiger partial charge is 0.370 e. The molecule has 0 saturated carbocycles. The fourth-order valence-corrected chi connectivity index (χ4v) is 4.12. The Morgan fingerprint density at radius 1 is 1.19 bits per heavy atom. The lowest BCUT2D eigenvalue weighted by atomic mass is 10.1. The maximum Gasteiger partial charge on any atom is 0.416 e. The topological polar surface area (TPSA) is 50.2 Å². The third-order valence-electron chi connectivity index (χ3n) is 5.72. The van der Waals surface area contributed by atoms with E-state index in [0.717, 1.165) is 61.6 Å². The molecule has 1 aliphatic heterocycles. The number of hydrogen-bond donors (Lipinski definition) is 1. The molecule has 0 unspecified atom stereocenters. The molecular formula is C23H31F3N4O. The summed E-state index contributed by atoms with van der Waals surface area (Å²) in [6.07, 6.45) is -1.78. The van der Waals surface area contributed by atoms with Gasteiger partial charge in [0, 0.05) is 31.7 Å². The molecule has 1 amide bonds. The number of alkyl halides is 3. The number of anilines is 2. The highest BCUT2D eigenvalue weighted by atomic mass is 19.4. The molecule has 1 fully saturated rings. The zero-order valence-electron chi connectivity index (χ0n) is 18.6. The largest absolute Gasteiger partial charge is 0.416 e. The first-order chi connectivity index (χ1) is 14.6. The highest BCUT2D eigenvalue weighted by molar-refractivity contribution is 5.94. The average molecular weight is 437 g/mol. The molecular weight excluding hydrogens is 405 g/mol. The van der Waals surface area contributed by atoms with Crippen molar-refractivity contribution in [3.63, 3.8) is 0 Å². The number of carbonyl (C=O) groups excluding carboxylic acids is 1. The van der Waals surface area contributed by atoms with Gasteiger partial charge in [-0.2, -0.15) is 18.3 Å². The Labute approximate surface area is 181 Å². The normalized spacial score (nSPS) is 14.5. The minimum atomic E-state index is -4.46. The Hall–Kier alpha value is -2.51. The first-order valence-corrected chi connectivity index (χ1v) is 10.8. The van der Waals surface area contributed by atoms with Gasteiger partial charge in [0.2, 0.25) is 5.91 Å². The maximum absolute atomic E-state index is 13.2. The molecule has 2 aromatic rings. The molecule has 1 aromatic heterocycles. The lowest BCUT2D eigenvalue weighted by molar-refractivity contribution is -0.137. The molecule has 8 heteroatoms. The summed E-state index contributed by atoms with van der Waals surface area (Å²) in [6.45, 7) is 10.5. The summed E-state index contributed by atoms with van der Waals surface area (Å²) in [5, 5.41) is 7.31. The van der Waals surface area contributed by atoms with Gasteiger partial charge in [-0.05, 0) is 62.8 Å². The van der Waals surface area contributed by atoms with Gasteiger partial charge in [0.15, 0.2) is 0 Å². The van der Waals surface area contributed by atoms with Crippen LogP contribution in [0, 0.1) is 19.8 Å². The van der Waals surface area contributed by atoms with E-state index in [0.29, 0.717) is 18.0 Å². The van der Waals surface area contributed by atoms with Crippen LogP contribution in [-0.2, 0) is 23.9 Å². The van der Waals surface area contributed by atoms with Crippen LogP contribution in [0.3, 0.4) is 0 Å². The van der Waals surface area contributed by atoms with Crippen LogP contribution in [0.1, 0.15) is 55.6 Å². The number of aryl methyl sites for hydroxylation is 1. The number of nitrogens with one attached hydrogen (secondary N) is 1. The van der Waals surface area contributed by atoms with E-state index in [2.05, 4.69) is 24.3 Å². The SMILES string of the molecule is Cc1nn(CC(C)C)c(C)c1CCC(=O)Nc1cc(C(F)(F)F)ccc1N1CCCC1. The summed E-state index contributed by atoms with van der Waals surface area (Å²) in [4.78, 5) is 14.7. The number of nitrogens with zero attached hydrogens (tertiary/aromatic N) is 3. The minimum absolute atomic E-state index is 0.185. The minimum Gasteiger partial charge on any atom is -0.370 e. The van der Waals surface area contributed by atoms with Gasteiger partial charge < -0.3 is 10.2 Å². The maximum atomic E-state index is 13.2. The Balaban J connectivity index is 1.75. The summed E-state index contributed by atoms with van der Waals surface area (Å²) in [7, 11) is 0. The Bertz CT molecular complexity index is 928. The number of carbonyl (C=O) groups is 1. The number of rotatable bonds is 7. The first-order valence-electron chi connectivity index (χ1n) is 10.8. The lowest BCUT2D eigenvalue weighted by Crippen LogP contribution is -2.22. The molecule has 3 rings (SSSR count). The van der Waals surface area contributed by atoms with Crippen molar-refractivity contribution in [3.8, 4) is 0 Å². The highest BCUT2D eigenvalue weighted by Gasteiger charge is 2.32. The molecule has 1 saturated heterocycles. The molecule has 1 aromatic carbocycles. The molecule has 1 N–H and O–H groups in total. The summed E-state index contributed by atoms with van der Waals surface area (Å²) in [5.41, 5.74) is 3.08. The van der Waals surface area contributed by atoms with Gasteiger partial charge in [-0.15, -0.1) is 0 Å². The molecule has 5 nitrogen and oxygen atoms in total. The van der Waals surface area contributed by atoms with Crippen LogP contribution in [0.25, 0.3) is 0 Å². The Morgan fingerprint density at radius 3 is 2.48 bits per heavy atom. The first kappa shape index (κ1) is 23.2. The summed E-state index contributed by atoms with van der Waals surface area (Å²) in [6, 6.07) is 3.59. The van der Waals surface area contributed by atoms with E-state index in [1.807, 2.05) is 23.4 Å². The van der Waals surface area contributed by atoms with Crippen molar-refractivity contribution in [1.29, 1.82) is 0 Å². The monoisotopic (exact) mass is 436 g/mol. The van der Waals surface area contributed by atoms with Crippen molar-refractivity contribution in [2.45, 2.75) is 66.1 Å². The van der Waals surface area contributed by atoms with Gasteiger partial charge in [-0.25, -0.2) is 0 Å². The van der Waals surface area contributed by atoms with Gasteiger partial charge >= 0.3 is 6.18 Å². The molecule has 0 spiro atoms. The third-order valence-corrected chi connectivity index (χ3v) is 5.72. The van der Waals surface area contributed by atoms with Gasteiger partial charge in [-0.1, -0.05) is 13.8 Å². The second kappa shape index (κ2) is 9.32. The highest BCUT2D eigenvalue weighted by Crippen LogP contribution is 2.36. The van der Waals surface area contributed by atoms with E-state index >= 15 is 0 Å². The molecule has 1 aliphatic rings. The fraction of sp³-hybridized carbons (Fsp3) is 0.565. The third kappa shape index (κ3) is 5.60. The second-order valence-corrected chi connectivity index (χ2v) is 8.70. The van der Waals surface area contributed by atoms with E-state index in [9.17, 15) is 18.0 Å². The standard InChI is InChI=1S/C23H31F3N4O/c1-15(2)14-30-17(4)19(16(3)28-30)8-10-22(31)27-20-13-18(23(24,25)26)7-9-21(20)29-11-5-6-12-29/h7,9,13,15H,5-6,8,10-12,14H2,1-4H3,(H,27,31). The van der Waals surface area contributed by atoms with Crippen LogP contribution in [-0.4, -0.2) is 28.8 Å². The van der Waals surface area contributed by atoms with Gasteiger partial charge in [0.05, 0.1) is 22.6 Å². The van der Waals surface area contributed by atoms with Crippen molar-refractivity contribution in [2.75, 3.05) is 23.3 Å². The van der Waals surface area contributed by atoms with E-state index in [1.54, 1.807) is 0 Å². The van der Waals surface area contributed by atoms with Gasteiger partial charge in [0.1, 0.15) is 0 Å². The van der Waals surface area contributed by atoms with Crippen molar-refractivity contribution in [3.05, 3.63) is 40.7 Å². The second-order valence-electron chi connectivity index (χ2n) is 8.70. The van der Waals surface area contributed by atoms with Crippen LogP contribution < -0.4 is 10.2 Å². The number of benzene rings is 1. The number of halogens is 3. The summed E-state index contributed by atoms with van der Waals surface area (Å²) >= 11 is 0. The van der Waals surface area contributed by atoms with Crippen molar-refractivity contribution >= 4 is 17.3 Å². The molecule has 0 bridgehead atoms. The molecule has 0 aliphatic carbocycles. The fourth-order valence-electron chi connectivity index (χ4n) is 4.12. The molecule has 170 valence electrons. The molecule has 0 atom stereocenters. The average Bonchev–Trinajstić information content (AvgIpc) is 3.28. The predicted octanol–water partition coefficient (Wildman–Crippen LogP) is 5.35. The van der Waals surface area contributed by atoms with Crippen molar-refractivity contribution < 1.29 is 18.0 Å². The van der Waals surface area contributed by atoms with E-state index < -0.39 is 11.7 Å². The van der Waals surface area contributed by atoms with Crippen LogP contribution in [0.2, 0.25) is 0 Å². The zero-order chi connectivity index (χ0) is 22.8. The summed E-state index contributed by atoms with van der Waals surface area (Å²) in [5.74, 6) is 0.161. The van der Waals surface area contributed by atoms with Gasteiger partial charge in [-0.3, -0.25) is 9.48 Å². The van der Waals surface area contributed by atoms with Crippen molar-refractivity contribution in [1.82, 2.24) is 9.78 Å². The van der Waals surface area contributed by atoms with Crippen LogP contribution in [0.4, 0.5) is 24.5 Å². The van der Waals surface area contributed by atoms with E-state index in [1.165, 1.54) is 6.07 Å². The van der Waals surface area contributed by atoms with Crippen LogP contribution in [0.15, 0.2) is 18.2 Å². The molecule has 31 heavy (non-hydrogen) atoms. The van der Waals surface area contributed by atoms with Crippen molar-refractivity contribution in [2.24, 2.45) is 5.92 Å². The van der Waals surface area contributed by atoms with Crippen LogP contribution >= 0.6 is 0 Å². The Morgan fingerprint density at radius 2 is 1.87 bits per heavy atom. The number of hydrogen-bond acceptors (Lipinski definition) is 3. The summed E-state index contributed by atoms with van der Waals surface area (Å²) < 4.78 is 41.7. The quantitative estimate of drug-likeness (QED) is 0.637. The lowest BCUT2D eigenvalue weighted by Gasteiger charge is -2.23. The van der Waals surface area contributed by atoms with Gasteiger partial charge in [0.25, 0.3) is 0 Å². The van der Waals surface area contributed by atoms with E-state index in [4.69, 9.17) is 0 Å². The molecule has 0 radical (unpaired) electrons. The Kier molecular flexibility index (Phi) is 6.96. The number of amides is 1. The molecule has 2 heterocycles. The van der Waals surface area contributed by atoms with E-state index in [-0.39, 0.29) is 18.0 Å². The predicted molar refractivity (Wildman–Crippen MR) is 116 cm³/mol. The zero-order valence-corrected chi connectivity index (χ0v) is 18.6. The van der Waals surface area contributed by atoms with Crippen LogP contribution in [0.5, 0.6) is 0 Å². The number of aromatic nitrogens is 2.